The molecule has 0 atom stereocenters. The normalized spacial score (nSPS) is 11.0. The molecule has 2 aromatic carbocycles. The van der Waals surface area contributed by atoms with Gasteiger partial charge >= 0.3 is 6.61 Å². The molecule has 0 amide bonds. The van der Waals surface area contributed by atoms with Crippen LogP contribution in [0.3, 0.4) is 0 Å². The van der Waals surface area contributed by atoms with Crippen LogP contribution in [-0.4, -0.2) is 12.8 Å². The fourth-order valence-electron chi connectivity index (χ4n) is 1.52. The van der Waals surface area contributed by atoms with Gasteiger partial charge in [0.25, 0.3) is 0 Å². The zero-order chi connectivity index (χ0) is 14.4. The topological polar surface area (TPSA) is 33.6 Å². The van der Waals surface area contributed by atoms with Gasteiger partial charge in [-0.15, -0.1) is 0 Å². The van der Waals surface area contributed by atoms with Crippen molar-refractivity contribution in [2.45, 2.75) is 6.61 Å². The average molecular weight is 280 g/mol. The van der Waals surface area contributed by atoms with Gasteiger partial charge in [-0.1, -0.05) is 18.2 Å². The third kappa shape index (κ3) is 4.31. The third-order valence-corrected chi connectivity index (χ3v) is 2.30. The van der Waals surface area contributed by atoms with Crippen molar-refractivity contribution in [3.8, 4) is 5.75 Å². The summed E-state index contributed by atoms with van der Waals surface area (Å²) in [5, 5.41) is 3.89. The number of hydrogen-bond donors (Lipinski definition) is 1. The Labute approximate surface area is 113 Å². The molecule has 6 heteroatoms. The summed E-state index contributed by atoms with van der Waals surface area (Å²) in [7, 11) is 0. The molecular weight excluding hydrogens is 269 g/mol. The Morgan fingerprint density at radius 1 is 1.10 bits per heavy atom. The van der Waals surface area contributed by atoms with Crippen molar-refractivity contribution in [3.63, 3.8) is 0 Å². The van der Waals surface area contributed by atoms with Crippen LogP contribution in [0.1, 0.15) is 5.56 Å². The molecule has 0 saturated heterocycles. The molecule has 0 radical (unpaired) electrons. The molecule has 0 saturated carbocycles. The van der Waals surface area contributed by atoms with Gasteiger partial charge in [-0.05, 0) is 24.3 Å². The van der Waals surface area contributed by atoms with Gasteiger partial charge in [-0.3, -0.25) is 5.43 Å². The minimum absolute atomic E-state index is 0.249. The van der Waals surface area contributed by atoms with Crippen molar-refractivity contribution in [1.82, 2.24) is 0 Å². The Bertz CT molecular complexity index is 588. The Hall–Kier alpha value is -2.50. The van der Waals surface area contributed by atoms with E-state index in [1.165, 1.54) is 12.3 Å². The summed E-state index contributed by atoms with van der Waals surface area (Å²) in [6.07, 6.45) is 1.31. The summed E-state index contributed by atoms with van der Waals surface area (Å²) in [4.78, 5) is 0. The maximum absolute atomic E-state index is 13.2. The third-order valence-electron chi connectivity index (χ3n) is 2.30. The zero-order valence-corrected chi connectivity index (χ0v) is 10.3. The number of benzene rings is 2. The highest BCUT2D eigenvalue weighted by Crippen LogP contribution is 2.17. The van der Waals surface area contributed by atoms with Gasteiger partial charge in [0.1, 0.15) is 11.6 Å². The first-order valence-corrected chi connectivity index (χ1v) is 5.73. The molecule has 0 aliphatic carbocycles. The summed E-state index contributed by atoms with van der Waals surface area (Å²) in [6, 6.07) is 12.4. The van der Waals surface area contributed by atoms with Crippen LogP contribution in [-0.2, 0) is 0 Å². The van der Waals surface area contributed by atoms with Gasteiger partial charge in [0.15, 0.2) is 0 Å². The van der Waals surface area contributed by atoms with Gasteiger partial charge in [0.05, 0.1) is 11.9 Å². The van der Waals surface area contributed by atoms with Crippen molar-refractivity contribution in [3.05, 3.63) is 59.9 Å². The smallest absolute Gasteiger partial charge is 0.387 e. The van der Waals surface area contributed by atoms with E-state index in [1.54, 1.807) is 12.1 Å². The number of para-hydroxylation sites is 1. The summed E-state index contributed by atoms with van der Waals surface area (Å²) in [5.74, 6) is -0.925. The van der Waals surface area contributed by atoms with Crippen LogP contribution in [0, 0.1) is 5.82 Å². The van der Waals surface area contributed by atoms with E-state index in [9.17, 15) is 13.2 Å². The quantitative estimate of drug-likeness (QED) is 0.666. The predicted octanol–water partition coefficient (Wildman–Crippen LogP) is 3.87. The summed E-state index contributed by atoms with van der Waals surface area (Å²) in [6.45, 7) is -3.00. The van der Waals surface area contributed by atoms with Crippen LogP contribution in [0.5, 0.6) is 5.75 Å². The molecule has 2 aromatic rings. The van der Waals surface area contributed by atoms with Gasteiger partial charge in [-0.2, -0.15) is 13.9 Å². The molecule has 104 valence electrons. The molecule has 0 bridgehead atoms. The van der Waals surface area contributed by atoms with Crippen LogP contribution in [0.2, 0.25) is 0 Å². The number of ether oxygens (including phenoxy) is 1. The van der Waals surface area contributed by atoms with Gasteiger partial charge in [-0.25, -0.2) is 4.39 Å². The molecule has 3 nitrogen and oxygen atoms in total. The summed E-state index contributed by atoms with van der Waals surface area (Å²) in [5.41, 5.74) is 3.79. The van der Waals surface area contributed by atoms with E-state index in [0.29, 0.717) is 5.56 Å². The molecule has 2 rings (SSSR count). The number of hydrazone groups is 1. The molecule has 0 aliphatic heterocycles. The summed E-state index contributed by atoms with van der Waals surface area (Å²) < 4.78 is 41.5. The summed E-state index contributed by atoms with van der Waals surface area (Å²) >= 11 is 0. The lowest BCUT2D eigenvalue weighted by Gasteiger charge is -2.05. The largest absolute Gasteiger partial charge is 0.435 e. The molecule has 20 heavy (non-hydrogen) atoms. The predicted molar refractivity (Wildman–Crippen MR) is 70.7 cm³/mol. The van der Waals surface area contributed by atoms with E-state index in [-0.39, 0.29) is 5.75 Å². The number of halogens is 3. The van der Waals surface area contributed by atoms with Crippen molar-refractivity contribution in [2.75, 3.05) is 5.43 Å². The first-order valence-electron chi connectivity index (χ1n) is 5.73. The minimum atomic E-state index is -3.00. The van der Waals surface area contributed by atoms with E-state index >= 15 is 0 Å². The highest BCUT2D eigenvalue weighted by Gasteiger charge is 2.06. The highest BCUT2D eigenvalue weighted by molar-refractivity contribution is 5.80. The minimum Gasteiger partial charge on any atom is -0.435 e. The monoisotopic (exact) mass is 280 g/mol. The first kappa shape index (κ1) is 13.9. The zero-order valence-electron chi connectivity index (χ0n) is 10.3. The van der Waals surface area contributed by atoms with Gasteiger partial charge in [0.2, 0.25) is 0 Å². The standard InChI is InChI=1S/C14H11F3N2O/c15-11-6-10(7-13(8-11)20-14(16)17)9-18-19-12-4-2-1-3-5-12/h1-9,14,19H. The van der Waals surface area contributed by atoms with Crippen LogP contribution in [0.4, 0.5) is 18.9 Å². The first-order chi connectivity index (χ1) is 9.63. The second kappa shape index (κ2) is 6.60. The molecule has 1 N–H and O–H groups in total. The average Bonchev–Trinajstić information content (AvgIpc) is 2.38. The second-order valence-electron chi connectivity index (χ2n) is 3.83. The maximum Gasteiger partial charge on any atom is 0.387 e. The van der Waals surface area contributed by atoms with Gasteiger partial charge < -0.3 is 4.74 Å². The number of rotatable bonds is 5. The van der Waals surface area contributed by atoms with E-state index in [4.69, 9.17) is 0 Å². The molecule has 0 heterocycles. The number of nitrogens with zero attached hydrogens (tertiary/aromatic N) is 1. The lowest BCUT2D eigenvalue weighted by atomic mass is 10.2. The number of nitrogens with one attached hydrogen (secondary N) is 1. The fourth-order valence-corrected chi connectivity index (χ4v) is 1.52. The van der Waals surface area contributed by atoms with E-state index in [2.05, 4.69) is 15.3 Å². The van der Waals surface area contributed by atoms with E-state index < -0.39 is 12.4 Å². The lowest BCUT2D eigenvalue weighted by molar-refractivity contribution is -0.0499. The Morgan fingerprint density at radius 2 is 1.85 bits per heavy atom. The van der Waals surface area contributed by atoms with Crippen LogP contribution < -0.4 is 10.2 Å². The Balaban J connectivity index is 2.07. The Kier molecular flexibility index (Phi) is 4.60. The van der Waals surface area contributed by atoms with E-state index in [1.807, 2.05) is 18.2 Å². The van der Waals surface area contributed by atoms with Crippen molar-refractivity contribution < 1.29 is 17.9 Å². The van der Waals surface area contributed by atoms with Crippen LogP contribution in [0.25, 0.3) is 0 Å². The van der Waals surface area contributed by atoms with E-state index in [0.717, 1.165) is 17.8 Å². The number of anilines is 1. The van der Waals surface area contributed by atoms with Gasteiger partial charge in [0, 0.05) is 11.6 Å². The van der Waals surface area contributed by atoms with Crippen molar-refractivity contribution in [2.24, 2.45) is 5.10 Å². The molecule has 0 aromatic heterocycles. The molecule has 0 spiro atoms. The number of alkyl halides is 2. The highest BCUT2D eigenvalue weighted by atomic mass is 19.3. The van der Waals surface area contributed by atoms with Crippen LogP contribution >= 0.6 is 0 Å². The molecule has 0 aliphatic rings. The van der Waals surface area contributed by atoms with Crippen LogP contribution in [0.15, 0.2) is 53.6 Å². The number of hydrogen-bond acceptors (Lipinski definition) is 3. The fraction of sp³-hybridized carbons (Fsp3) is 0.0714. The maximum atomic E-state index is 13.2. The molecule has 0 unspecified atom stereocenters. The molecular formula is C14H11F3N2O. The Morgan fingerprint density at radius 3 is 2.55 bits per heavy atom. The van der Waals surface area contributed by atoms with Crippen molar-refractivity contribution in [1.29, 1.82) is 0 Å². The second-order valence-corrected chi connectivity index (χ2v) is 3.83. The SMILES string of the molecule is Fc1cc(C=NNc2ccccc2)cc(OC(F)F)c1. The molecule has 0 fully saturated rings. The van der Waals surface area contributed by atoms with Crippen molar-refractivity contribution >= 4 is 11.9 Å². The lowest BCUT2D eigenvalue weighted by Crippen LogP contribution is -2.02.